The number of hydrogen-bond acceptors (Lipinski definition) is 3. The summed E-state index contributed by atoms with van der Waals surface area (Å²) >= 11 is 0. The molecule has 1 N–H and O–H groups in total. The summed E-state index contributed by atoms with van der Waals surface area (Å²) in [6.45, 7) is 8.26. The third-order valence-corrected chi connectivity index (χ3v) is 5.92. The van der Waals surface area contributed by atoms with E-state index >= 15 is 0 Å². The molecule has 0 atom stereocenters. The van der Waals surface area contributed by atoms with Crippen molar-refractivity contribution in [3.8, 4) is 0 Å². The van der Waals surface area contributed by atoms with Crippen molar-refractivity contribution in [3.63, 3.8) is 0 Å². The van der Waals surface area contributed by atoms with E-state index in [1.165, 1.54) is 43.3 Å². The highest BCUT2D eigenvalue weighted by Crippen LogP contribution is 2.19. The van der Waals surface area contributed by atoms with E-state index in [4.69, 9.17) is 0 Å². The summed E-state index contributed by atoms with van der Waals surface area (Å²) in [4.78, 5) is 27.9. The smallest absolute Gasteiger partial charge is 0.328 e. The second-order valence-corrected chi connectivity index (χ2v) is 8.59. The maximum atomic E-state index is 13.0. The number of carbonyl (C=O) groups is 1. The van der Waals surface area contributed by atoms with Gasteiger partial charge in [0.25, 0.3) is 5.91 Å². The normalized spacial score (nSPS) is 19.0. The van der Waals surface area contributed by atoms with Gasteiger partial charge >= 0.3 is 5.69 Å². The van der Waals surface area contributed by atoms with Crippen LogP contribution in [0.5, 0.6) is 0 Å². The Morgan fingerprint density at radius 2 is 1.69 bits per heavy atom. The van der Waals surface area contributed by atoms with Crippen molar-refractivity contribution in [3.05, 3.63) is 21.9 Å². The summed E-state index contributed by atoms with van der Waals surface area (Å²) in [6.07, 6.45) is 9.03. The third-order valence-electron chi connectivity index (χ3n) is 5.92. The van der Waals surface area contributed by atoms with Crippen LogP contribution in [0.1, 0.15) is 75.0 Å². The summed E-state index contributed by atoms with van der Waals surface area (Å²) in [6, 6.07) is 0. The molecular formula is C20H34N4O2. The molecule has 1 amide bonds. The fraction of sp³-hybridized carbons (Fsp3) is 0.800. The number of nitrogens with zero attached hydrogens (tertiary/aromatic N) is 3. The van der Waals surface area contributed by atoms with Crippen molar-refractivity contribution < 1.29 is 4.79 Å². The molecule has 6 nitrogen and oxygen atoms in total. The number of aromatic nitrogens is 2. The van der Waals surface area contributed by atoms with E-state index in [1.54, 1.807) is 11.6 Å². The Morgan fingerprint density at radius 3 is 2.38 bits per heavy atom. The van der Waals surface area contributed by atoms with Crippen LogP contribution < -0.4 is 11.0 Å². The molecule has 0 bridgehead atoms. The molecule has 146 valence electrons. The van der Waals surface area contributed by atoms with E-state index in [0.717, 1.165) is 44.5 Å². The number of amides is 1. The molecular weight excluding hydrogens is 328 g/mol. The average molecular weight is 363 g/mol. The van der Waals surface area contributed by atoms with Crippen molar-refractivity contribution in [2.45, 2.75) is 77.3 Å². The van der Waals surface area contributed by atoms with Crippen molar-refractivity contribution in [2.75, 3.05) is 19.6 Å². The number of hydrogen-bond donors (Lipinski definition) is 1. The average Bonchev–Trinajstić information content (AvgIpc) is 2.78. The van der Waals surface area contributed by atoms with E-state index in [-0.39, 0.29) is 17.1 Å². The molecule has 0 aromatic carbocycles. The lowest BCUT2D eigenvalue weighted by molar-refractivity contribution is 0.0892. The standard InChI is InChI=1S/C20H34N4O2/c1-20(2,11-15-23-12-7-4-5-8-13-23)21-18(25)17-16-10-6-9-14-24(16)19(26)22(17)3/h4-15H2,1-3H3,(H,21,25). The maximum Gasteiger partial charge on any atom is 0.328 e. The van der Waals surface area contributed by atoms with Crippen molar-refractivity contribution in [2.24, 2.45) is 7.05 Å². The first-order valence-corrected chi connectivity index (χ1v) is 10.2. The Labute approximate surface area is 156 Å². The summed E-state index contributed by atoms with van der Waals surface area (Å²) in [5.41, 5.74) is 1.11. The second-order valence-electron chi connectivity index (χ2n) is 8.59. The zero-order valence-electron chi connectivity index (χ0n) is 16.6. The maximum absolute atomic E-state index is 13.0. The van der Waals surface area contributed by atoms with Crippen LogP contribution in [0, 0.1) is 0 Å². The number of rotatable bonds is 5. The first-order chi connectivity index (χ1) is 12.4. The lowest BCUT2D eigenvalue weighted by atomic mass is 9.99. The number of fused-ring (bicyclic) bond motifs is 1. The largest absolute Gasteiger partial charge is 0.346 e. The minimum absolute atomic E-state index is 0.0628. The van der Waals surface area contributed by atoms with Gasteiger partial charge in [0.05, 0.1) is 5.69 Å². The molecule has 6 heteroatoms. The number of likely N-dealkylation sites (tertiary alicyclic amines) is 1. The quantitative estimate of drug-likeness (QED) is 0.874. The van der Waals surface area contributed by atoms with Gasteiger partial charge < -0.3 is 10.2 Å². The monoisotopic (exact) mass is 362 g/mol. The zero-order chi connectivity index (χ0) is 18.7. The molecule has 1 saturated heterocycles. The van der Waals surface area contributed by atoms with Gasteiger partial charge in [-0.05, 0) is 65.5 Å². The molecule has 3 rings (SSSR count). The minimum atomic E-state index is -0.289. The van der Waals surface area contributed by atoms with Gasteiger partial charge in [0.1, 0.15) is 5.69 Å². The van der Waals surface area contributed by atoms with Crippen LogP contribution in [0.15, 0.2) is 4.79 Å². The second kappa shape index (κ2) is 7.99. The highest BCUT2D eigenvalue weighted by atomic mass is 16.2. The fourth-order valence-corrected chi connectivity index (χ4v) is 4.27. The minimum Gasteiger partial charge on any atom is -0.346 e. The molecule has 26 heavy (non-hydrogen) atoms. The zero-order valence-corrected chi connectivity index (χ0v) is 16.6. The van der Waals surface area contributed by atoms with Gasteiger partial charge in [0, 0.05) is 25.7 Å². The van der Waals surface area contributed by atoms with Crippen LogP contribution in [-0.4, -0.2) is 45.1 Å². The lowest BCUT2D eigenvalue weighted by Gasteiger charge is -2.30. The summed E-state index contributed by atoms with van der Waals surface area (Å²) in [5.74, 6) is -0.110. The first kappa shape index (κ1) is 19.2. The van der Waals surface area contributed by atoms with E-state index in [1.807, 2.05) is 0 Å². The number of imidazole rings is 1. The highest BCUT2D eigenvalue weighted by molar-refractivity contribution is 5.94. The van der Waals surface area contributed by atoms with Gasteiger partial charge in [-0.1, -0.05) is 12.8 Å². The van der Waals surface area contributed by atoms with Crippen molar-refractivity contribution in [1.29, 1.82) is 0 Å². The topological polar surface area (TPSA) is 59.3 Å². The van der Waals surface area contributed by atoms with Gasteiger partial charge in [-0.15, -0.1) is 0 Å². The van der Waals surface area contributed by atoms with Gasteiger partial charge in [-0.3, -0.25) is 13.9 Å². The Balaban J connectivity index is 1.66. The molecule has 0 unspecified atom stereocenters. The molecule has 2 aliphatic heterocycles. The predicted molar refractivity (Wildman–Crippen MR) is 104 cm³/mol. The first-order valence-electron chi connectivity index (χ1n) is 10.2. The Hall–Kier alpha value is -1.56. The van der Waals surface area contributed by atoms with E-state index in [0.29, 0.717) is 5.69 Å². The lowest BCUT2D eigenvalue weighted by Crippen LogP contribution is -2.46. The van der Waals surface area contributed by atoms with E-state index in [2.05, 4.69) is 24.1 Å². The summed E-state index contributed by atoms with van der Waals surface area (Å²) in [5, 5.41) is 3.19. The van der Waals surface area contributed by atoms with Crippen LogP contribution in [0.3, 0.4) is 0 Å². The van der Waals surface area contributed by atoms with Crippen molar-refractivity contribution in [1.82, 2.24) is 19.4 Å². The van der Waals surface area contributed by atoms with Gasteiger partial charge in [-0.25, -0.2) is 4.79 Å². The molecule has 2 aliphatic rings. The van der Waals surface area contributed by atoms with Crippen LogP contribution in [0.4, 0.5) is 0 Å². The molecule has 0 radical (unpaired) electrons. The molecule has 1 aromatic rings. The van der Waals surface area contributed by atoms with E-state index < -0.39 is 0 Å². The predicted octanol–water partition coefficient (Wildman–Crippen LogP) is 2.30. The summed E-state index contributed by atoms with van der Waals surface area (Å²) in [7, 11) is 1.72. The Bertz CT molecular complexity index is 693. The molecule has 0 aliphatic carbocycles. The van der Waals surface area contributed by atoms with Crippen LogP contribution in [-0.2, 0) is 20.0 Å². The van der Waals surface area contributed by atoms with Gasteiger partial charge in [0.2, 0.25) is 0 Å². The summed E-state index contributed by atoms with van der Waals surface area (Å²) < 4.78 is 3.31. The van der Waals surface area contributed by atoms with E-state index in [9.17, 15) is 9.59 Å². The molecule has 0 spiro atoms. The molecule has 1 fully saturated rings. The van der Waals surface area contributed by atoms with Gasteiger partial charge in [0.15, 0.2) is 0 Å². The van der Waals surface area contributed by atoms with Crippen LogP contribution in [0.25, 0.3) is 0 Å². The molecule has 3 heterocycles. The fourth-order valence-electron chi connectivity index (χ4n) is 4.27. The Kier molecular flexibility index (Phi) is 5.90. The SMILES string of the molecule is Cn1c(C(=O)NC(C)(C)CCN2CCCCCC2)c2n(c1=O)CCCC2. The van der Waals surface area contributed by atoms with Gasteiger partial charge in [-0.2, -0.15) is 0 Å². The Morgan fingerprint density at radius 1 is 1.04 bits per heavy atom. The number of nitrogens with one attached hydrogen (secondary N) is 1. The van der Waals surface area contributed by atoms with Crippen LogP contribution in [0.2, 0.25) is 0 Å². The van der Waals surface area contributed by atoms with Crippen LogP contribution >= 0.6 is 0 Å². The third kappa shape index (κ3) is 4.22. The molecule has 1 aromatic heterocycles. The number of carbonyl (C=O) groups excluding carboxylic acids is 1. The molecule has 0 saturated carbocycles. The van der Waals surface area contributed by atoms with Crippen molar-refractivity contribution >= 4 is 5.91 Å². The highest BCUT2D eigenvalue weighted by Gasteiger charge is 2.29.